The minimum atomic E-state index is -0.833. The van der Waals surface area contributed by atoms with E-state index >= 15 is 0 Å². The molecule has 1 amide bonds. The Labute approximate surface area is 125 Å². The van der Waals surface area contributed by atoms with Crippen LogP contribution in [0.3, 0.4) is 0 Å². The van der Waals surface area contributed by atoms with Crippen molar-refractivity contribution in [3.05, 3.63) is 27.7 Å². The predicted molar refractivity (Wildman–Crippen MR) is 75.4 cm³/mol. The van der Waals surface area contributed by atoms with Crippen molar-refractivity contribution in [3.63, 3.8) is 0 Å². The monoisotopic (exact) mass is 315 g/mol. The second-order valence-corrected chi connectivity index (χ2v) is 5.00. The number of carboxylic acid groups (broad SMARTS) is 1. The van der Waals surface area contributed by atoms with E-state index in [1.54, 1.807) is 12.1 Å². The summed E-state index contributed by atoms with van der Waals surface area (Å²) >= 11 is 12.0. The van der Waals surface area contributed by atoms with Gasteiger partial charge < -0.3 is 10.0 Å². The molecule has 8 heteroatoms. The number of aliphatic carboxylic acids is 1. The number of nitrogens with zero attached hydrogens (tertiary/aromatic N) is 2. The van der Waals surface area contributed by atoms with Crippen LogP contribution in [0.4, 0.5) is 5.69 Å². The zero-order valence-electron chi connectivity index (χ0n) is 10.5. The van der Waals surface area contributed by atoms with Crippen LogP contribution < -0.4 is 5.32 Å². The Morgan fingerprint density at radius 2 is 2.05 bits per heavy atom. The minimum Gasteiger partial charge on any atom is -0.481 e. The smallest absolute Gasteiger partial charge is 0.300 e. The zero-order chi connectivity index (χ0) is 14.9. The fraction of sp³-hybridized carbons (Fsp3) is 0.250. The summed E-state index contributed by atoms with van der Waals surface area (Å²) in [6, 6.07) is 3.51. The van der Waals surface area contributed by atoms with Crippen LogP contribution in [0.15, 0.2) is 17.1 Å². The first-order valence-electron chi connectivity index (χ1n) is 5.68. The summed E-state index contributed by atoms with van der Waals surface area (Å²) in [7, 11) is 0. The molecular weight excluding hydrogens is 305 g/mol. The van der Waals surface area contributed by atoms with Crippen LogP contribution in [0, 0.1) is 0 Å². The number of amides is 1. The third-order valence-corrected chi connectivity index (χ3v) is 3.48. The largest absolute Gasteiger partial charge is 0.481 e. The number of hydrogen-bond acceptors (Lipinski definition) is 4. The second kappa shape index (κ2) is 5.68. The molecule has 0 saturated carbocycles. The minimum absolute atomic E-state index is 0.0474. The van der Waals surface area contributed by atoms with Crippen molar-refractivity contribution >= 4 is 46.7 Å². The van der Waals surface area contributed by atoms with Gasteiger partial charge in [0.1, 0.15) is 6.54 Å². The molecule has 1 aromatic carbocycles. The van der Waals surface area contributed by atoms with E-state index in [0.29, 0.717) is 29.1 Å². The quantitative estimate of drug-likeness (QED) is 0.767. The lowest BCUT2D eigenvalue weighted by Crippen LogP contribution is -2.32. The Kier molecular flexibility index (Phi) is 4.15. The first-order valence-corrected chi connectivity index (χ1v) is 6.44. The Hall–Kier alpha value is -1.79. The van der Waals surface area contributed by atoms with Crippen LogP contribution in [0.5, 0.6) is 0 Å². The first-order chi connectivity index (χ1) is 9.38. The van der Waals surface area contributed by atoms with Crippen molar-refractivity contribution in [2.45, 2.75) is 13.5 Å². The van der Waals surface area contributed by atoms with E-state index in [0.717, 1.165) is 18.2 Å². The topological polar surface area (TPSA) is 82.0 Å². The van der Waals surface area contributed by atoms with E-state index in [-0.39, 0.29) is 5.91 Å². The van der Waals surface area contributed by atoms with Crippen LogP contribution in [-0.2, 0) is 16.1 Å². The van der Waals surface area contributed by atoms with Gasteiger partial charge in [0, 0.05) is 12.5 Å². The number of hydrogen-bond donors (Lipinski definition) is 2. The predicted octanol–water partition coefficient (Wildman–Crippen LogP) is 2.02. The maximum atomic E-state index is 11.2. The molecule has 0 aromatic heterocycles. The van der Waals surface area contributed by atoms with Gasteiger partial charge in [-0.2, -0.15) is 0 Å². The maximum absolute atomic E-state index is 11.2. The molecule has 3 rings (SSSR count). The van der Waals surface area contributed by atoms with Crippen molar-refractivity contribution in [3.8, 4) is 0 Å². The highest BCUT2D eigenvalue weighted by Crippen LogP contribution is 2.36. The molecule has 2 aliphatic heterocycles. The van der Waals surface area contributed by atoms with Gasteiger partial charge in [-0.25, -0.2) is 4.99 Å². The van der Waals surface area contributed by atoms with Crippen molar-refractivity contribution in [1.82, 2.24) is 10.2 Å². The molecule has 20 heavy (non-hydrogen) atoms. The number of nitrogens with one attached hydrogen (secondary N) is 1. The number of halogens is 2. The van der Waals surface area contributed by atoms with Gasteiger partial charge in [-0.1, -0.05) is 23.2 Å². The van der Waals surface area contributed by atoms with Crippen molar-refractivity contribution in [1.29, 1.82) is 0 Å². The highest BCUT2D eigenvalue weighted by Gasteiger charge is 2.30. The lowest BCUT2D eigenvalue weighted by molar-refractivity contribution is -0.134. The standard InChI is InChI=1S/C10H7Cl2N3O.C2H4O2/c11-6-1-2-7-5(9(6)12)3-15-4-8(16)14-10(15)13-7;1-2(3)4/h1-2H,3-4H2,(H,13,14,16);1H3,(H,3,4). The lowest BCUT2D eigenvalue weighted by Gasteiger charge is -2.23. The van der Waals surface area contributed by atoms with E-state index in [1.807, 2.05) is 4.90 Å². The second-order valence-electron chi connectivity index (χ2n) is 4.22. The molecule has 2 aliphatic rings. The third kappa shape index (κ3) is 3.02. The number of benzene rings is 1. The Balaban J connectivity index is 0.000000328. The van der Waals surface area contributed by atoms with Crippen molar-refractivity contribution < 1.29 is 14.7 Å². The number of aliphatic imine (C=N–C) groups is 1. The summed E-state index contributed by atoms with van der Waals surface area (Å²) in [5.74, 6) is -0.287. The average Bonchev–Trinajstić information content (AvgIpc) is 2.70. The molecule has 0 aliphatic carbocycles. The molecule has 1 saturated heterocycles. The van der Waals surface area contributed by atoms with E-state index < -0.39 is 5.97 Å². The highest BCUT2D eigenvalue weighted by atomic mass is 35.5. The summed E-state index contributed by atoms with van der Waals surface area (Å²) in [5.41, 5.74) is 1.64. The number of rotatable bonds is 0. The molecule has 0 radical (unpaired) electrons. The molecule has 1 aromatic rings. The van der Waals surface area contributed by atoms with Crippen LogP contribution in [0.1, 0.15) is 12.5 Å². The van der Waals surface area contributed by atoms with Crippen LogP contribution in [0.2, 0.25) is 10.0 Å². The molecular formula is C12H11Cl2N3O3. The normalized spacial score (nSPS) is 15.4. The fourth-order valence-corrected chi connectivity index (χ4v) is 2.26. The van der Waals surface area contributed by atoms with E-state index in [2.05, 4.69) is 10.3 Å². The van der Waals surface area contributed by atoms with Crippen molar-refractivity contribution in [2.24, 2.45) is 4.99 Å². The van der Waals surface area contributed by atoms with E-state index in [1.165, 1.54) is 0 Å². The average molecular weight is 316 g/mol. The van der Waals surface area contributed by atoms with Gasteiger partial charge in [0.2, 0.25) is 11.9 Å². The summed E-state index contributed by atoms with van der Waals surface area (Å²) in [6.45, 7) is 1.97. The molecule has 106 valence electrons. The molecule has 6 nitrogen and oxygen atoms in total. The van der Waals surface area contributed by atoms with E-state index in [4.69, 9.17) is 33.1 Å². The summed E-state index contributed by atoms with van der Waals surface area (Å²) in [6.07, 6.45) is 0. The van der Waals surface area contributed by atoms with Gasteiger partial charge in [0.15, 0.2) is 0 Å². The van der Waals surface area contributed by atoms with Gasteiger partial charge in [-0.15, -0.1) is 0 Å². The number of fused-ring (bicyclic) bond motifs is 2. The Morgan fingerprint density at radius 1 is 1.40 bits per heavy atom. The Morgan fingerprint density at radius 3 is 2.70 bits per heavy atom. The van der Waals surface area contributed by atoms with Crippen LogP contribution >= 0.6 is 23.2 Å². The number of carbonyl (C=O) groups excluding carboxylic acids is 1. The van der Waals surface area contributed by atoms with Gasteiger partial charge in [-0.05, 0) is 12.1 Å². The first kappa shape index (κ1) is 14.6. The van der Waals surface area contributed by atoms with Gasteiger partial charge >= 0.3 is 0 Å². The third-order valence-electron chi connectivity index (χ3n) is 2.63. The maximum Gasteiger partial charge on any atom is 0.300 e. The summed E-state index contributed by atoms with van der Waals surface area (Å²) in [4.78, 5) is 26.4. The van der Waals surface area contributed by atoms with Gasteiger partial charge in [0.25, 0.3) is 5.97 Å². The molecule has 0 bridgehead atoms. The van der Waals surface area contributed by atoms with Crippen LogP contribution in [0.25, 0.3) is 0 Å². The SMILES string of the molecule is CC(=O)O.O=C1CN2Cc3c(ccc(Cl)c3Cl)N=C2N1. The zero-order valence-corrected chi connectivity index (χ0v) is 12.0. The number of carboxylic acids is 1. The molecule has 2 N–H and O–H groups in total. The van der Waals surface area contributed by atoms with Gasteiger partial charge in [0.05, 0.1) is 22.3 Å². The van der Waals surface area contributed by atoms with Crippen LogP contribution in [-0.4, -0.2) is 34.4 Å². The number of guanidine groups is 1. The van der Waals surface area contributed by atoms with Gasteiger partial charge in [-0.3, -0.25) is 14.9 Å². The summed E-state index contributed by atoms with van der Waals surface area (Å²) in [5, 5.41) is 11.1. The molecule has 1 fully saturated rings. The van der Waals surface area contributed by atoms with E-state index in [9.17, 15) is 4.79 Å². The fourth-order valence-electron chi connectivity index (χ4n) is 1.86. The highest BCUT2D eigenvalue weighted by molar-refractivity contribution is 6.42. The summed E-state index contributed by atoms with van der Waals surface area (Å²) < 4.78 is 0. The Bertz CT molecular complexity index is 612. The van der Waals surface area contributed by atoms with Crippen molar-refractivity contribution in [2.75, 3.05) is 6.54 Å². The molecule has 2 heterocycles. The molecule has 0 unspecified atom stereocenters. The lowest BCUT2D eigenvalue weighted by atomic mass is 10.1. The number of carbonyl (C=O) groups is 2. The molecule has 0 atom stereocenters. The molecule has 0 spiro atoms.